The topological polar surface area (TPSA) is 69.1 Å². The van der Waals surface area contributed by atoms with Gasteiger partial charge in [0.1, 0.15) is 0 Å². The maximum absolute atomic E-state index is 6.29. The number of anilines is 1. The summed E-state index contributed by atoms with van der Waals surface area (Å²) in [5.74, 6) is 1.72. The van der Waals surface area contributed by atoms with Crippen molar-refractivity contribution in [3.63, 3.8) is 0 Å². The number of benzene rings is 1. The van der Waals surface area contributed by atoms with Gasteiger partial charge in [-0.15, -0.1) is 24.0 Å². The molecule has 0 radical (unpaired) electrons. The van der Waals surface area contributed by atoms with Crippen LogP contribution in [0, 0.1) is 0 Å². The maximum Gasteiger partial charge on any atom is 0.225 e. The van der Waals surface area contributed by atoms with Gasteiger partial charge in [-0.1, -0.05) is 23.7 Å². The van der Waals surface area contributed by atoms with Crippen molar-refractivity contribution >= 4 is 47.5 Å². The molecule has 1 N–H and O–H groups in total. The second kappa shape index (κ2) is 12.5. The van der Waals surface area contributed by atoms with Gasteiger partial charge in [0, 0.05) is 70.3 Å². The maximum atomic E-state index is 6.29. The first-order valence-corrected chi connectivity index (χ1v) is 11.2. The summed E-state index contributed by atoms with van der Waals surface area (Å²) in [6, 6.07) is 10.2. The number of piperazine rings is 1. The van der Waals surface area contributed by atoms with Crippen molar-refractivity contribution < 1.29 is 4.74 Å². The van der Waals surface area contributed by atoms with Crippen molar-refractivity contribution in [3.05, 3.63) is 53.3 Å². The minimum absolute atomic E-state index is 0. The fourth-order valence-electron chi connectivity index (χ4n) is 4.15. The van der Waals surface area contributed by atoms with E-state index in [1.165, 1.54) is 5.56 Å². The first-order valence-electron chi connectivity index (χ1n) is 10.8. The van der Waals surface area contributed by atoms with E-state index in [9.17, 15) is 0 Å². The lowest BCUT2D eigenvalue weighted by Gasteiger charge is -2.38. The molecule has 2 fully saturated rings. The molecule has 0 aliphatic carbocycles. The van der Waals surface area contributed by atoms with E-state index in [0.29, 0.717) is 0 Å². The van der Waals surface area contributed by atoms with Crippen LogP contribution in [-0.4, -0.2) is 91.8 Å². The Morgan fingerprint density at radius 3 is 2.47 bits per heavy atom. The van der Waals surface area contributed by atoms with Gasteiger partial charge in [-0.3, -0.25) is 9.89 Å². The molecule has 8 nitrogen and oxygen atoms in total. The van der Waals surface area contributed by atoms with Gasteiger partial charge >= 0.3 is 0 Å². The number of nitrogens with one attached hydrogen (secondary N) is 1. The molecular weight excluding hydrogens is 541 g/mol. The van der Waals surface area contributed by atoms with Gasteiger partial charge in [0.2, 0.25) is 5.95 Å². The quantitative estimate of drug-likeness (QED) is 0.336. The second-order valence-electron chi connectivity index (χ2n) is 7.67. The monoisotopic (exact) mass is 571 g/mol. The van der Waals surface area contributed by atoms with Crippen LogP contribution in [0.4, 0.5) is 5.95 Å². The number of rotatable bonds is 5. The standard InChI is InChI=1S/C22H30ClN7O.HI/c1-24-21(29-8-10-30(11-9-29)22-25-6-3-7-26-22)27-17-20(28-12-14-31-15-13-28)18-4-2-5-19(23)16-18;/h2-7,16,20H,8-15,17H2,1H3,(H,24,27);1H. The van der Waals surface area contributed by atoms with Crippen LogP contribution in [0.1, 0.15) is 11.6 Å². The van der Waals surface area contributed by atoms with Crippen molar-refractivity contribution in [1.29, 1.82) is 0 Å². The van der Waals surface area contributed by atoms with Crippen LogP contribution in [-0.2, 0) is 4.74 Å². The van der Waals surface area contributed by atoms with E-state index in [4.69, 9.17) is 16.3 Å². The Kier molecular flexibility index (Phi) is 9.76. The number of morpholine rings is 1. The molecule has 0 bridgehead atoms. The van der Waals surface area contributed by atoms with Gasteiger partial charge in [0.15, 0.2) is 5.96 Å². The predicted octanol–water partition coefficient (Wildman–Crippen LogP) is 2.52. The molecule has 32 heavy (non-hydrogen) atoms. The highest BCUT2D eigenvalue weighted by Crippen LogP contribution is 2.24. The number of ether oxygens (including phenoxy) is 1. The Hall–Kier alpha value is -1.69. The van der Waals surface area contributed by atoms with Crippen molar-refractivity contribution in [2.24, 2.45) is 4.99 Å². The van der Waals surface area contributed by atoms with Crippen molar-refractivity contribution in [3.8, 4) is 0 Å². The van der Waals surface area contributed by atoms with Gasteiger partial charge in [-0.25, -0.2) is 9.97 Å². The van der Waals surface area contributed by atoms with Crippen LogP contribution in [0.15, 0.2) is 47.7 Å². The molecule has 4 rings (SSSR count). The Bertz CT molecular complexity index is 858. The van der Waals surface area contributed by atoms with E-state index in [1.807, 2.05) is 25.2 Å². The smallest absolute Gasteiger partial charge is 0.225 e. The van der Waals surface area contributed by atoms with Gasteiger partial charge < -0.3 is 19.9 Å². The molecule has 2 aromatic rings. The van der Waals surface area contributed by atoms with E-state index in [2.05, 4.69) is 47.1 Å². The molecular formula is C22H31ClIN7O. The van der Waals surface area contributed by atoms with Gasteiger partial charge in [0.25, 0.3) is 0 Å². The Morgan fingerprint density at radius 2 is 1.81 bits per heavy atom. The minimum Gasteiger partial charge on any atom is -0.379 e. The summed E-state index contributed by atoms with van der Waals surface area (Å²) < 4.78 is 5.56. The molecule has 174 valence electrons. The minimum atomic E-state index is 0. The number of halogens is 2. The molecule has 10 heteroatoms. The summed E-state index contributed by atoms with van der Waals surface area (Å²) in [5, 5.41) is 4.37. The van der Waals surface area contributed by atoms with Gasteiger partial charge in [-0.2, -0.15) is 0 Å². The molecule has 1 unspecified atom stereocenters. The molecule has 2 aliphatic heterocycles. The molecule has 1 aromatic carbocycles. The lowest BCUT2D eigenvalue weighted by atomic mass is 10.0. The summed E-state index contributed by atoms with van der Waals surface area (Å²) >= 11 is 6.29. The van der Waals surface area contributed by atoms with Crippen LogP contribution in [0.2, 0.25) is 5.02 Å². The molecule has 3 heterocycles. The normalized spacial score (nSPS) is 18.8. The van der Waals surface area contributed by atoms with Crippen LogP contribution in [0.25, 0.3) is 0 Å². The largest absolute Gasteiger partial charge is 0.379 e. The summed E-state index contributed by atoms with van der Waals surface area (Å²) in [4.78, 5) is 20.3. The first kappa shape index (κ1) is 24.9. The summed E-state index contributed by atoms with van der Waals surface area (Å²) in [6.45, 7) is 7.58. The van der Waals surface area contributed by atoms with Crippen LogP contribution in [0.5, 0.6) is 0 Å². The number of nitrogens with zero attached hydrogens (tertiary/aromatic N) is 6. The van der Waals surface area contributed by atoms with Gasteiger partial charge in [-0.05, 0) is 23.8 Å². The molecule has 2 aliphatic rings. The zero-order chi connectivity index (χ0) is 21.5. The fourth-order valence-corrected chi connectivity index (χ4v) is 4.35. The van der Waals surface area contributed by atoms with E-state index in [-0.39, 0.29) is 30.0 Å². The molecule has 1 atom stereocenters. The van der Waals surface area contributed by atoms with Crippen LogP contribution < -0.4 is 10.2 Å². The second-order valence-corrected chi connectivity index (χ2v) is 8.11. The SMILES string of the molecule is CN=C(NCC(c1cccc(Cl)c1)N1CCOCC1)N1CCN(c2ncccn2)CC1.I. The van der Waals surface area contributed by atoms with Crippen LogP contribution in [0.3, 0.4) is 0 Å². The Morgan fingerprint density at radius 1 is 1.09 bits per heavy atom. The van der Waals surface area contributed by atoms with E-state index >= 15 is 0 Å². The molecule has 2 saturated heterocycles. The average molecular weight is 572 g/mol. The third kappa shape index (κ3) is 6.43. The van der Waals surface area contributed by atoms with Crippen LogP contribution >= 0.6 is 35.6 Å². The van der Waals surface area contributed by atoms with E-state index in [0.717, 1.165) is 76.0 Å². The summed E-state index contributed by atoms with van der Waals surface area (Å²) in [7, 11) is 1.85. The first-order chi connectivity index (χ1) is 15.2. The molecule has 0 amide bonds. The van der Waals surface area contributed by atoms with Gasteiger partial charge in [0.05, 0.1) is 19.3 Å². The Labute approximate surface area is 212 Å². The van der Waals surface area contributed by atoms with Crippen molar-refractivity contribution in [2.75, 3.05) is 71.0 Å². The number of aliphatic imine (C=N–C) groups is 1. The number of hydrogen-bond donors (Lipinski definition) is 1. The third-order valence-electron chi connectivity index (χ3n) is 5.80. The number of guanidine groups is 1. The molecule has 1 aromatic heterocycles. The summed E-state index contributed by atoms with van der Waals surface area (Å²) in [5.41, 5.74) is 1.21. The fraction of sp³-hybridized carbons (Fsp3) is 0.500. The van der Waals surface area contributed by atoms with Crippen molar-refractivity contribution in [1.82, 2.24) is 25.1 Å². The predicted molar refractivity (Wildman–Crippen MR) is 139 cm³/mol. The van der Waals surface area contributed by atoms with Crippen molar-refractivity contribution in [2.45, 2.75) is 6.04 Å². The lowest BCUT2D eigenvalue weighted by Crippen LogP contribution is -2.54. The zero-order valence-corrected chi connectivity index (χ0v) is 21.4. The number of hydrogen-bond acceptors (Lipinski definition) is 6. The third-order valence-corrected chi connectivity index (χ3v) is 6.03. The zero-order valence-electron chi connectivity index (χ0n) is 18.4. The van der Waals surface area contributed by atoms with E-state index in [1.54, 1.807) is 12.4 Å². The average Bonchev–Trinajstić information content (AvgIpc) is 2.83. The number of aromatic nitrogens is 2. The summed E-state index contributed by atoms with van der Waals surface area (Å²) in [6.07, 6.45) is 3.58. The molecule has 0 saturated carbocycles. The highest BCUT2D eigenvalue weighted by atomic mass is 127. The Balaban J connectivity index is 0.00000289. The molecule has 0 spiro atoms. The highest BCUT2D eigenvalue weighted by Gasteiger charge is 2.25. The lowest BCUT2D eigenvalue weighted by molar-refractivity contribution is 0.0169. The van der Waals surface area contributed by atoms with E-state index < -0.39 is 0 Å². The highest BCUT2D eigenvalue weighted by molar-refractivity contribution is 14.0.